The van der Waals surface area contributed by atoms with Crippen LogP contribution in [0.2, 0.25) is 5.02 Å². The molecule has 1 atom stereocenters. The molecular formula is C20H18ClNO3. The van der Waals surface area contributed by atoms with E-state index >= 15 is 0 Å². The predicted molar refractivity (Wildman–Crippen MR) is 100.0 cm³/mol. The van der Waals surface area contributed by atoms with Crippen LogP contribution in [-0.2, 0) is 6.42 Å². The van der Waals surface area contributed by atoms with Gasteiger partial charge in [0.2, 0.25) is 5.88 Å². The molecule has 3 aromatic rings. The van der Waals surface area contributed by atoms with Crippen LogP contribution >= 0.6 is 11.6 Å². The summed E-state index contributed by atoms with van der Waals surface area (Å²) in [5.41, 5.74) is 2.85. The lowest BCUT2D eigenvalue weighted by molar-refractivity contribution is 0.413. The summed E-state index contributed by atoms with van der Waals surface area (Å²) >= 11 is 6.23. The minimum atomic E-state index is -0.0773. The number of fused-ring (bicyclic) bond motifs is 2. The molecule has 4 rings (SSSR count). The van der Waals surface area contributed by atoms with Crippen LogP contribution in [0.4, 0.5) is 5.88 Å². The summed E-state index contributed by atoms with van der Waals surface area (Å²) in [6, 6.07) is 13.0. The van der Waals surface area contributed by atoms with Crippen LogP contribution in [0.25, 0.3) is 11.0 Å². The maximum Gasteiger partial charge on any atom is 0.200 e. The average molecular weight is 356 g/mol. The molecule has 0 saturated carbocycles. The third-order valence-corrected chi connectivity index (χ3v) is 5.16. The lowest BCUT2D eigenvalue weighted by Crippen LogP contribution is -2.34. The molecule has 5 heteroatoms. The van der Waals surface area contributed by atoms with Crippen molar-refractivity contribution in [3.63, 3.8) is 0 Å². The van der Waals surface area contributed by atoms with Crippen molar-refractivity contribution in [3.05, 3.63) is 68.8 Å². The molecule has 2 aromatic carbocycles. The van der Waals surface area contributed by atoms with E-state index < -0.39 is 0 Å². The van der Waals surface area contributed by atoms with Crippen molar-refractivity contribution in [2.45, 2.75) is 19.4 Å². The Hall–Kier alpha value is -2.46. The van der Waals surface area contributed by atoms with Crippen LogP contribution in [0.3, 0.4) is 0 Å². The number of ether oxygens (including phenoxy) is 1. The summed E-state index contributed by atoms with van der Waals surface area (Å²) in [6.07, 6.45) is 0.862. The fourth-order valence-corrected chi connectivity index (χ4v) is 3.72. The summed E-state index contributed by atoms with van der Waals surface area (Å²) in [5, 5.41) is 0.956. The minimum absolute atomic E-state index is 0.0773. The Morgan fingerprint density at radius 1 is 1.24 bits per heavy atom. The third kappa shape index (κ3) is 2.67. The van der Waals surface area contributed by atoms with Gasteiger partial charge in [0.25, 0.3) is 0 Å². The second-order valence-electron chi connectivity index (χ2n) is 6.25. The van der Waals surface area contributed by atoms with Crippen molar-refractivity contribution in [2.75, 3.05) is 18.6 Å². The van der Waals surface area contributed by atoms with Crippen LogP contribution in [0.15, 0.2) is 51.7 Å². The monoisotopic (exact) mass is 355 g/mol. The van der Waals surface area contributed by atoms with Gasteiger partial charge in [0.05, 0.1) is 23.6 Å². The van der Waals surface area contributed by atoms with Gasteiger partial charge >= 0.3 is 0 Å². The van der Waals surface area contributed by atoms with E-state index in [1.807, 2.05) is 6.07 Å². The molecule has 1 aliphatic rings. The van der Waals surface area contributed by atoms with Gasteiger partial charge in [0.15, 0.2) is 11.0 Å². The molecule has 0 amide bonds. The number of hydrogen-bond acceptors (Lipinski definition) is 4. The van der Waals surface area contributed by atoms with E-state index in [4.69, 9.17) is 20.8 Å². The molecule has 1 aliphatic heterocycles. The molecular weight excluding hydrogens is 338 g/mol. The van der Waals surface area contributed by atoms with Crippen molar-refractivity contribution in [3.8, 4) is 5.75 Å². The molecule has 0 spiro atoms. The Kier molecular flexibility index (Phi) is 3.92. The van der Waals surface area contributed by atoms with E-state index in [1.165, 1.54) is 11.1 Å². The van der Waals surface area contributed by atoms with Crippen LogP contribution in [0, 0.1) is 0 Å². The van der Waals surface area contributed by atoms with Gasteiger partial charge in [-0.25, -0.2) is 0 Å². The molecule has 0 fully saturated rings. The van der Waals surface area contributed by atoms with E-state index in [9.17, 15) is 4.79 Å². The summed E-state index contributed by atoms with van der Waals surface area (Å²) < 4.78 is 11.3. The molecule has 128 valence electrons. The average Bonchev–Trinajstić information content (AvgIpc) is 2.62. The number of nitrogens with zero attached hydrogens (tertiary/aromatic N) is 1. The van der Waals surface area contributed by atoms with Crippen molar-refractivity contribution in [1.82, 2.24) is 0 Å². The molecule has 0 radical (unpaired) electrons. The topological polar surface area (TPSA) is 42.7 Å². The van der Waals surface area contributed by atoms with Crippen LogP contribution in [0.5, 0.6) is 5.75 Å². The number of hydrogen-bond donors (Lipinski definition) is 0. The van der Waals surface area contributed by atoms with Crippen LogP contribution < -0.4 is 15.1 Å². The number of anilines is 1. The second kappa shape index (κ2) is 6.12. The van der Waals surface area contributed by atoms with Gasteiger partial charge in [-0.05, 0) is 48.7 Å². The third-order valence-electron chi connectivity index (χ3n) is 4.87. The molecule has 25 heavy (non-hydrogen) atoms. The zero-order valence-electron chi connectivity index (χ0n) is 14.1. The zero-order valence-corrected chi connectivity index (χ0v) is 14.8. The van der Waals surface area contributed by atoms with Crippen molar-refractivity contribution in [1.29, 1.82) is 0 Å². The standard InChI is InChI=1S/C20H18ClNO3/c1-12-15-7-6-14(24-2)10-13(15)8-9-22(12)19-11-18(23)16-4-3-5-17(21)20(16)25-19/h3-7,10-12H,8-9H2,1-2H3. The lowest BCUT2D eigenvalue weighted by atomic mass is 9.93. The maximum absolute atomic E-state index is 12.5. The number of para-hydroxylation sites is 1. The minimum Gasteiger partial charge on any atom is -0.497 e. The molecule has 0 bridgehead atoms. The molecule has 2 heterocycles. The highest BCUT2D eigenvalue weighted by Gasteiger charge is 2.26. The highest BCUT2D eigenvalue weighted by Crippen LogP contribution is 2.36. The molecule has 0 aliphatic carbocycles. The second-order valence-corrected chi connectivity index (χ2v) is 6.66. The first-order valence-electron chi connectivity index (χ1n) is 8.24. The van der Waals surface area contributed by atoms with Crippen molar-refractivity contribution >= 4 is 28.5 Å². The Morgan fingerprint density at radius 3 is 2.88 bits per heavy atom. The highest BCUT2D eigenvalue weighted by atomic mass is 35.5. The van der Waals surface area contributed by atoms with Crippen LogP contribution in [0.1, 0.15) is 24.1 Å². The van der Waals surface area contributed by atoms with Gasteiger partial charge in [0, 0.05) is 12.6 Å². The Balaban J connectivity index is 1.79. The van der Waals surface area contributed by atoms with Gasteiger partial charge in [-0.2, -0.15) is 0 Å². The normalized spacial score (nSPS) is 16.8. The smallest absolute Gasteiger partial charge is 0.200 e. The van der Waals surface area contributed by atoms with E-state index in [2.05, 4.69) is 24.0 Å². The molecule has 1 aromatic heterocycles. The number of rotatable bonds is 2. The largest absolute Gasteiger partial charge is 0.497 e. The van der Waals surface area contributed by atoms with Crippen molar-refractivity contribution < 1.29 is 9.15 Å². The van der Waals surface area contributed by atoms with Gasteiger partial charge in [-0.1, -0.05) is 23.7 Å². The van der Waals surface area contributed by atoms with Crippen LogP contribution in [-0.4, -0.2) is 13.7 Å². The fourth-order valence-electron chi connectivity index (χ4n) is 3.51. The number of benzene rings is 2. The van der Waals surface area contributed by atoms with Gasteiger partial charge in [-0.3, -0.25) is 4.79 Å². The van der Waals surface area contributed by atoms with E-state index in [0.717, 1.165) is 18.7 Å². The van der Waals surface area contributed by atoms with Crippen molar-refractivity contribution in [2.24, 2.45) is 0 Å². The van der Waals surface area contributed by atoms with Gasteiger partial charge in [-0.15, -0.1) is 0 Å². The Bertz CT molecular complexity index is 1010. The van der Waals surface area contributed by atoms with Gasteiger partial charge < -0.3 is 14.1 Å². The number of methoxy groups -OCH3 is 1. The summed E-state index contributed by atoms with van der Waals surface area (Å²) in [6.45, 7) is 2.88. The molecule has 0 N–H and O–H groups in total. The van der Waals surface area contributed by atoms with E-state index in [-0.39, 0.29) is 11.5 Å². The Labute approximate surface area is 150 Å². The first-order chi connectivity index (χ1) is 12.1. The SMILES string of the molecule is COc1ccc2c(c1)CCN(c1cc(=O)c3cccc(Cl)c3o1)C2C. The first kappa shape index (κ1) is 16.0. The van der Waals surface area contributed by atoms with E-state index in [0.29, 0.717) is 21.9 Å². The zero-order chi connectivity index (χ0) is 17.6. The number of halogens is 1. The molecule has 0 saturated heterocycles. The quantitative estimate of drug-likeness (QED) is 0.675. The Morgan fingerprint density at radius 2 is 2.08 bits per heavy atom. The highest BCUT2D eigenvalue weighted by molar-refractivity contribution is 6.34. The predicted octanol–water partition coefficient (Wildman–Crippen LogP) is 4.58. The van der Waals surface area contributed by atoms with E-state index in [1.54, 1.807) is 31.4 Å². The first-order valence-corrected chi connectivity index (χ1v) is 8.62. The lowest BCUT2D eigenvalue weighted by Gasteiger charge is -2.35. The maximum atomic E-state index is 12.5. The molecule has 1 unspecified atom stereocenters. The summed E-state index contributed by atoms with van der Waals surface area (Å²) in [4.78, 5) is 14.6. The summed E-state index contributed by atoms with van der Waals surface area (Å²) in [7, 11) is 1.67. The fraction of sp³-hybridized carbons (Fsp3) is 0.250. The van der Waals surface area contributed by atoms with Gasteiger partial charge in [0.1, 0.15) is 5.75 Å². The molecule has 4 nitrogen and oxygen atoms in total. The summed E-state index contributed by atoms with van der Waals surface area (Å²) in [5.74, 6) is 1.42.